The molecular formula is C36H34F5N5O2. The Kier molecular flexibility index (Phi) is 9.11. The van der Waals surface area contributed by atoms with Gasteiger partial charge in [-0.25, -0.2) is 13.8 Å². The summed E-state index contributed by atoms with van der Waals surface area (Å²) in [6.45, 7) is 3.88. The van der Waals surface area contributed by atoms with Crippen LogP contribution in [0.15, 0.2) is 73.4 Å². The Morgan fingerprint density at radius 1 is 1.10 bits per heavy atom. The topological polar surface area (TPSA) is 86.6 Å². The SMILES string of the molecule is C1CCCC1.C=C(/C=C/CN)Nc1c(F)cc(C(=O)c2cc3c4c(cccn24)-c2c(C(F)(F)F)cc4c(ncn4C)c2OCC3)cc1F. The van der Waals surface area contributed by atoms with Crippen LogP contribution in [0.25, 0.3) is 27.7 Å². The third kappa shape index (κ3) is 6.19. The summed E-state index contributed by atoms with van der Waals surface area (Å²) in [5, 5.41) is 2.52. The van der Waals surface area contributed by atoms with E-state index in [0.29, 0.717) is 11.1 Å². The van der Waals surface area contributed by atoms with Gasteiger partial charge in [0.15, 0.2) is 5.75 Å². The van der Waals surface area contributed by atoms with Gasteiger partial charge >= 0.3 is 6.18 Å². The van der Waals surface area contributed by atoms with Gasteiger partial charge in [-0.15, -0.1) is 0 Å². The predicted octanol–water partition coefficient (Wildman–Crippen LogP) is 8.35. The number of alkyl halides is 3. The van der Waals surface area contributed by atoms with E-state index in [9.17, 15) is 18.0 Å². The van der Waals surface area contributed by atoms with Gasteiger partial charge < -0.3 is 24.8 Å². The van der Waals surface area contributed by atoms with Crippen LogP contribution in [0.5, 0.6) is 5.75 Å². The monoisotopic (exact) mass is 663 g/mol. The number of imidazole rings is 1. The Hall–Kier alpha value is -4.97. The van der Waals surface area contributed by atoms with E-state index in [0.717, 1.165) is 18.2 Å². The number of carbonyl (C=O) groups is 1. The van der Waals surface area contributed by atoms with Crippen molar-refractivity contribution < 1.29 is 31.5 Å². The Balaban J connectivity index is 0.000000736. The minimum absolute atomic E-state index is 0.00613. The highest BCUT2D eigenvalue weighted by atomic mass is 19.4. The van der Waals surface area contributed by atoms with Crippen molar-refractivity contribution in [1.29, 1.82) is 0 Å². The average molecular weight is 664 g/mol. The first-order chi connectivity index (χ1) is 23.0. The number of ketones is 1. The molecule has 7 rings (SSSR count). The van der Waals surface area contributed by atoms with E-state index in [1.807, 2.05) is 0 Å². The first kappa shape index (κ1) is 33.0. The van der Waals surface area contributed by atoms with Gasteiger partial charge in [-0.05, 0) is 42.0 Å². The summed E-state index contributed by atoms with van der Waals surface area (Å²) in [7, 11) is 1.60. The molecule has 3 N–H and O–H groups in total. The van der Waals surface area contributed by atoms with Gasteiger partial charge in [0.25, 0.3) is 0 Å². The molecule has 4 heterocycles. The number of pyridine rings is 1. The fourth-order valence-corrected chi connectivity index (χ4v) is 6.30. The van der Waals surface area contributed by atoms with Crippen LogP contribution in [0.4, 0.5) is 27.6 Å². The number of hydrogen-bond donors (Lipinski definition) is 2. The molecular weight excluding hydrogens is 629 g/mol. The fourth-order valence-electron chi connectivity index (χ4n) is 6.30. The standard InChI is InChI=1S/C31H24F5N5O2.C5H10/c1-16(5-3-8-37)39-26-21(32)11-18(12-22(26)33)29(42)24-13-17-7-10-43-30-25(19-6-4-9-41(24)28(17)19)20(31(34,35)36)14-23-27(30)38-15-40(23)2;1-2-4-5-3-1/h3-6,9,11-15,39H,1,7-8,10,37H2,2H3;1-5H2/b5-3+;. The van der Waals surface area contributed by atoms with Crippen LogP contribution in [-0.2, 0) is 19.6 Å². The number of nitrogens with two attached hydrogens (primary N) is 1. The summed E-state index contributed by atoms with van der Waals surface area (Å²) < 4.78 is 82.4. The zero-order valence-electron chi connectivity index (χ0n) is 26.3. The van der Waals surface area contributed by atoms with E-state index in [1.165, 1.54) is 77.9 Å². The summed E-state index contributed by atoms with van der Waals surface area (Å²) in [5.74, 6) is -2.78. The number of rotatable bonds is 6. The van der Waals surface area contributed by atoms with Crippen LogP contribution < -0.4 is 15.8 Å². The zero-order valence-corrected chi connectivity index (χ0v) is 26.3. The van der Waals surface area contributed by atoms with Crippen molar-refractivity contribution in [1.82, 2.24) is 14.0 Å². The minimum Gasteiger partial charge on any atom is -0.490 e. The highest BCUT2D eigenvalue weighted by Crippen LogP contribution is 2.48. The number of carbonyl (C=O) groups excluding carboxylic acids is 1. The molecule has 48 heavy (non-hydrogen) atoms. The Morgan fingerprint density at radius 3 is 2.44 bits per heavy atom. The van der Waals surface area contributed by atoms with Crippen molar-refractivity contribution in [2.75, 3.05) is 18.5 Å². The molecule has 0 atom stereocenters. The van der Waals surface area contributed by atoms with Gasteiger partial charge in [0.1, 0.15) is 22.8 Å². The van der Waals surface area contributed by atoms with Crippen LogP contribution in [0.1, 0.15) is 59.3 Å². The minimum atomic E-state index is -4.74. The summed E-state index contributed by atoms with van der Waals surface area (Å²) in [5.41, 5.74) is 5.34. The molecule has 1 fully saturated rings. The van der Waals surface area contributed by atoms with Crippen molar-refractivity contribution in [3.8, 4) is 16.9 Å². The molecule has 3 aromatic heterocycles. The number of hydrogen-bond acceptors (Lipinski definition) is 5. The Bertz CT molecular complexity index is 2040. The number of ether oxygens (including phenoxy) is 1. The second-order valence-corrected chi connectivity index (χ2v) is 11.8. The Morgan fingerprint density at radius 2 is 1.79 bits per heavy atom. The van der Waals surface area contributed by atoms with Gasteiger partial charge in [-0.1, -0.05) is 50.8 Å². The van der Waals surface area contributed by atoms with E-state index >= 15 is 8.78 Å². The van der Waals surface area contributed by atoms with E-state index < -0.39 is 34.8 Å². The fraction of sp³-hybridized carbons (Fsp3) is 0.278. The summed E-state index contributed by atoms with van der Waals surface area (Å²) in [6, 6.07) is 7.37. The molecule has 0 amide bonds. The molecule has 1 saturated carbocycles. The molecule has 1 aliphatic heterocycles. The number of nitrogens with one attached hydrogen (secondary N) is 1. The number of aryl methyl sites for hydroxylation is 1. The number of fused-ring (bicyclic) bond motifs is 4. The second-order valence-electron chi connectivity index (χ2n) is 11.8. The van der Waals surface area contributed by atoms with Crippen LogP contribution >= 0.6 is 0 Å². The maximum atomic E-state index is 15.0. The predicted molar refractivity (Wildman–Crippen MR) is 175 cm³/mol. The molecule has 0 radical (unpaired) electrons. The molecule has 12 heteroatoms. The van der Waals surface area contributed by atoms with Crippen LogP contribution in [0, 0.1) is 11.6 Å². The molecule has 5 aromatic rings. The first-order valence-electron chi connectivity index (χ1n) is 15.7. The van der Waals surface area contributed by atoms with Crippen molar-refractivity contribution in [2.45, 2.75) is 44.7 Å². The Labute approximate surface area is 273 Å². The molecule has 2 aliphatic rings. The highest BCUT2D eigenvalue weighted by molar-refractivity contribution is 6.10. The largest absolute Gasteiger partial charge is 0.490 e. The average Bonchev–Trinajstić information content (AvgIpc) is 3.82. The molecule has 2 aromatic carbocycles. The van der Waals surface area contributed by atoms with E-state index in [2.05, 4.69) is 16.9 Å². The number of aromatic nitrogens is 3. The first-order valence-corrected chi connectivity index (χ1v) is 15.7. The van der Waals surface area contributed by atoms with Crippen LogP contribution in [0.2, 0.25) is 0 Å². The molecule has 0 spiro atoms. The number of benzene rings is 2. The number of nitrogens with zero attached hydrogens (tertiary/aromatic N) is 3. The van der Waals surface area contributed by atoms with Gasteiger partial charge in [-0.2, -0.15) is 13.2 Å². The smallest absolute Gasteiger partial charge is 0.417 e. The maximum Gasteiger partial charge on any atom is 0.417 e. The third-order valence-electron chi connectivity index (χ3n) is 8.56. The molecule has 0 unspecified atom stereocenters. The molecule has 1 aliphatic carbocycles. The molecule has 250 valence electrons. The lowest BCUT2D eigenvalue weighted by Crippen LogP contribution is -2.13. The lowest BCUT2D eigenvalue weighted by Gasteiger charge is -2.22. The van der Waals surface area contributed by atoms with Gasteiger partial charge in [-0.3, -0.25) is 4.79 Å². The molecule has 0 bridgehead atoms. The lowest BCUT2D eigenvalue weighted by molar-refractivity contribution is -0.137. The van der Waals surface area contributed by atoms with E-state index in [-0.39, 0.29) is 64.4 Å². The highest BCUT2D eigenvalue weighted by Gasteiger charge is 2.38. The lowest BCUT2D eigenvalue weighted by atomic mass is 9.94. The van der Waals surface area contributed by atoms with Crippen LogP contribution in [-0.4, -0.2) is 32.9 Å². The number of anilines is 1. The summed E-state index contributed by atoms with van der Waals surface area (Å²) >= 11 is 0. The maximum absolute atomic E-state index is 15.0. The third-order valence-corrected chi connectivity index (χ3v) is 8.56. The molecule has 0 saturated heterocycles. The number of halogens is 5. The van der Waals surface area contributed by atoms with Crippen molar-refractivity contribution in [2.24, 2.45) is 12.8 Å². The normalized spacial score (nSPS) is 14.3. The quantitative estimate of drug-likeness (QED) is 0.108. The van der Waals surface area contributed by atoms with E-state index in [4.69, 9.17) is 10.5 Å². The van der Waals surface area contributed by atoms with Crippen molar-refractivity contribution in [3.05, 3.63) is 107 Å². The van der Waals surface area contributed by atoms with E-state index in [1.54, 1.807) is 13.1 Å². The van der Waals surface area contributed by atoms with Gasteiger partial charge in [0, 0.05) is 48.6 Å². The summed E-state index contributed by atoms with van der Waals surface area (Å²) in [6.07, 6.45) is 8.96. The zero-order chi connectivity index (χ0) is 34.2. The number of allylic oxidation sites excluding steroid dienone is 1. The van der Waals surface area contributed by atoms with Crippen LogP contribution in [0.3, 0.4) is 0 Å². The second kappa shape index (κ2) is 13.3. The molecule has 7 nitrogen and oxygen atoms in total. The van der Waals surface area contributed by atoms with Gasteiger partial charge in [0.2, 0.25) is 5.78 Å². The van der Waals surface area contributed by atoms with Crippen molar-refractivity contribution >= 4 is 28.0 Å². The van der Waals surface area contributed by atoms with Gasteiger partial charge in [0.05, 0.1) is 35.2 Å². The van der Waals surface area contributed by atoms with Crippen molar-refractivity contribution in [3.63, 3.8) is 0 Å². The summed E-state index contributed by atoms with van der Waals surface area (Å²) in [4.78, 5) is 18.0.